The molecule has 0 aliphatic carbocycles. The molecule has 0 aromatic carbocycles. The summed E-state index contributed by atoms with van der Waals surface area (Å²) in [6, 6.07) is 0.467. The molecule has 1 amide bonds. The molecule has 1 saturated heterocycles. The highest BCUT2D eigenvalue weighted by atomic mass is 16.1. The number of aromatic nitrogens is 2. The van der Waals surface area contributed by atoms with Gasteiger partial charge in [0.25, 0.3) is 5.91 Å². The van der Waals surface area contributed by atoms with E-state index in [9.17, 15) is 4.79 Å². The first kappa shape index (κ1) is 13.9. The Balaban J connectivity index is 2.18. The predicted molar refractivity (Wildman–Crippen MR) is 75.4 cm³/mol. The molecule has 0 radical (unpaired) electrons. The molecule has 1 unspecified atom stereocenters. The molecule has 19 heavy (non-hydrogen) atoms. The maximum Gasteiger partial charge on any atom is 0.254 e. The fraction of sp³-hybridized carbons (Fsp3) is 0.692. The molecule has 6 nitrogen and oxygen atoms in total. The molecule has 0 saturated carbocycles. The van der Waals surface area contributed by atoms with Gasteiger partial charge in [0, 0.05) is 26.7 Å². The summed E-state index contributed by atoms with van der Waals surface area (Å²) in [6.07, 6.45) is 3.68. The van der Waals surface area contributed by atoms with Crippen LogP contribution in [0.15, 0.2) is 0 Å². The third-order valence-corrected chi connectivity index (χ3v) is 3.71. The molecule has 1 fully saturated rings. The fourth-order valence-electron chi connectivity index (χ4n) is 2.87. The van der Waals surface area contributed by atoms with Gasteiger partial charge in [0.05, 0.1) is 5.69 Å². The number of hydrogen-bond acceptors (Lipinski definition) is 4. The van der Waals surface area contributed by atoms with Gasteiger partial charge >= 0.3 is 0 Å². The molecular weight excluding hydrogens is 242 g/mol. The number of piperidine rings is 1. The van der Waals surface area contributed by atoms with Gasteiger partial charge in [-0.05, 0) is 26.3 Å². The van der Waals surface area contributed by atoms with Gasteiger partial charge in [0.15, 0.2) is 0 Å². The third-order valence-electron chi connectivity index (χ3n) is 3.71. The lowest BCUT2D eigenvalue weighted by atomic mass is 10.0. The summed E-state index contributed by atoms with van der Waals surface area (Å²) < 4.78 is 1.73. The number of nitrogens with one attached hydrogen (secondary N) is 1. The van der Waals surface area contributed by atoms with E-state index >= 15 is 0 Å². The summed E-state index contributed by atoms with van der Waals surface area (Å²) >= 11 is 0. The van der Waals surface area contributed by atoms with Crippen molar-refractivity contribution in [1.82, 2.24) is 15.1 Å². The molecular formula is C13H23N5O. The lowest BCUT2D eigenvalue weighted by Crippen LogP contribution is -2.43. The minimum absolute atomic E-state index is 0.413. The highest BCUT2D eigenvalue weighted by Crippen LogP contribution is 2.22. The van der Waals surface area contributed by atoms with Crippen molar-refractivity contribution in [3.05, 3.63) is 11.3 Å². The number of amides is 1. The van der Waals surface area contributed by atoms with E-state index in [0.717, 1.165) is 18.9 Å². The number of rotatable bonds is 4. The average Bonchev–Trinajstić information content (AvgIpc) is 2.65. The normalized spacial score (nSPS) is 19.4. The average molecular weight is 265 g/mol. The fourth-order valence-corrected chi connectivity index (χ4v) is 2.87. The van der Waals surface area contributed by atoms with Crippen LogP contribution in [0.2, 0.25) is 0 Å². The van der Waals surface area contributed by atoms with Crippen molar-refractivity contribution in [2.45, 2.75) is 32.2 Å². The minimum Gasteiger partial charge on any atom is -0.365 e. The number of anilines is 1. The van der Waals surface area contributed by atoms with Crippen LogP contribution in [0.5, 0.6) is 0 Å². The van der Waals surface area contributed by atoms with Crippen LogP contribution in [-0.2, 0) is 7.05 Å². The quantitative estimate of drug-likeness (QED) is 0.826. The summed E-state index contributed by atoms with van der Waals surface area (Å²) in [5, 5.41) is 7.81. The summed E-state index contributed by atoms with van der Waals surface area (Å²) in [7, 11) is 3.83. The number of carbonyl (C=O) groups excluding carboxylic acids is 1. The molecule has 2 heterocycles. The molecule has 1 aromatic rings. The number of hydrogen-bond donors (Lipinski definition) is 2. The van der Waals surface area contributed by atoms with Crippen LogP contribution in [-0.4, -0.2) is 41.9 Å². The van der Waals surface area contributed by atoms with Crippen LogP contribution in [0.3, 0.4) is 0 Å². The molecule has 0 bridgehead atoms. The molecule has 1 aromatic heterocycles. The Kier molecular flexibility index (Phi) is 4.09. The van der Waals surface area contributed by atoms with E-state index in [2.05, 4.69) is 15.3 Å². The van der Waals surface area contributed by atoms with Crippen molar-refractivity contribution in [1.29, 1.82) is 0 Å². The van der Waals surface area contributed by atoms with Gasteiger partial charge < -0.3 is 16.0 Å². The van der Waals surface area contributed by atoms with Crippen LogP contribution in [0.4, 0.5) is 5.82 Å². The van der Waals surface area contributed by atoms with Gasteiger partial charge in [-0.2, -0.15) is 5.10 Å². The number of nitrogens with two attached hydrogens (primary N) is 1. The second-order valence-electron chi connectivity index (χ2n) is 5.30. The summed E-state index contributed by atoms with van der Waals surface area (Å²) in [4.78, 5) is 13.7. The number of nitrogens with zero attached hydrogens (tertiary/aromatic N) is 3. The highest BCUT2D eigenvalue weighted by molar-refractivity contribution is 5.99. The zero-order chi connectivity index (χ0) is 14.0. The first-order valence-electron chi connectivity index (χ1n) is 6.78. The second kappa shape index (κ2) is 5.61. The van der Waals surface area contributed by atoms with E-state index in [1.165, 1.54) is 19.3 Å². The Bertz CT molecular complexity index is 462. The van der Waals surface area contributed by atoms with Crippen molar-refractivity contribution >= 4 is 11.7 Å². The maximum atomic E-state index is 11.6. The van der Waals surface area contributed by atoms with Crippen molar-refractivity contribution in [3.8, 4) is 0 Å². The van der Waals surface area contributed by atoms with Gasteiger partial charge in [-0.15, -0.1) is 0 Å². The molecule has 3 N–H and O–H groups in total. The second-order valence-corrected chi connectivity index (χ2v) is 5.30. The lowest BCUT2D eigenvalue weighted by molar-refractivity contribution is 0.1000. The Morgan fingerprint density at radius 2 is 2.32 bits per heavy atom. The first-order valence-corrected chi connectivity index (χ1v) is 6.78. The number of primary amides is 1. The Hall–Kier alpha value is -1.56. The Morgan fingerprint density at radius 1 is 1.58 bits per heavy atom. The molecule has 106 valence electrons. The summed E-state index contributed by atoms with van der Waals surface area (Å²) in [5.41, 5.74) is 6.68. The Labute approximate surface area is 113 Å². The maximum absolute atomic E-state index is 11.6. The number of carbonyl (C=O) groups is 1. The van der Waals surface area contributed by atoms with Crippen LogP contribution in [0.1, 0.15) is 35.3 Å². The van der Waals surface area contributed by atoms with E-state index in [1.54, 1.807) is 4.68 Å². The summed E-state index contributed by atoms with van der Waals surface area (Å²) in [5.74, 6) is 0.390. The molecule has 6 heteroatoms. The van der Waals surface area contributed by atoms with E-state index in [1.807, 2.05) is 21.0 Å². The van der Waals surface area contributed by atoms with Crippen molar-refractivity contribution < 1.29 is 4.79 Å². The molecule has 1 atom stereocenters. The predicted octanol–water partition coefficient (Wildman–Crippen LogP) is 0.406. The van der Waals surface area contributed by atoms with E-state index in [0.29, 0.717) is 17.3 Å². The summed E-state index contributed by atoms with van der Waals surface area (Å²) in [6.45, 7) is 3.75. The van der Waals surface area contributed by atoms with Crippen LogP contribution in [0.25, 0.3) is 0 Å². The minimum atomic E-state index is -0.413. The van der Waals surface area contributed by atoms with Crippen LogP contribution < -0.4 is 16.0 Å². The van der Waals surface area contributed by atoms with Crippen molar-refractivity contribution in [2.24, 2.45) is 12.8 Å². The molecule has 1 aliphatic heterocycles. The van der Waals surface area contributed by atoms with E-state index < -0.39 is 5.91 Å². The van der Waals surface area contributed by atoms with Gasteiger partial charge in [0.2, 0.25) is 0 Å². The molecule has 0 spiro atoms. The van der Waals surface area contributed by atoms with Gasteiger partial charge in [-0.3, -0.25) is 9.48 Å². The largest absolute Gasteiger partial charge is 0.365 e. The van der Waals surface area contributed by atoms with Crippen LogP contribution >= 0.6 is 0 Å². The smallest absolute Gasteiger partial charge is 0.254 e. The lowest BCUT2D eigenvalue weighted by Gasteiger charge is -2.29. The first-order chi connectivity index (χ1) is 9.00. The standard InChI is InChI=1S/C13H23N5O/c1-9-11(12(14)19)13(18(3)16-9)17(2)8-10-6-4-5-7-15-10/h10,15H,4-8H2,1-3H3,(H2,14,19). The van der Waals surface area contributed by atoms with Crippen molar-refractivity contribution in [2.75, 3.05) is 25.0 Å². The SMILES string of the molecule is Cc1nn(C)c(N(C)CC2CCCCN2)c1C(N)=O. The Morgan fingerprint density at radius 3 is 2.89 bits per heavy atom. The van der Waals surface area contributed by atoms with E-state index in [-0.39, 0.29) is 0 Å². The molecule has 1 aliphatic rings. The number of likely N-dealkylation sites (N-methyl/N-ethyl adjacent to an activating group) is 1. The van der Waals surface area contributed by atoms with Gasteiger partial charge in [-0.25, -0.2) is 0 Å². The third kappa shape index (κ3) is 2.89. The van der Waals surface area contributed by atoms with Gasteiger partial charge in [-0.1, -0.05) is 6.42 Å². The molecule has 2 rings (SSSR count). The zero-order valence-corrected chi connectivity index (χ0v) is 11.9. The number of aryl methyl sites for hydroxylation is 2. The zero-order valence-electron chi connectivity index (χ0n) is 11.9. The topological polar surface area (TPSA) is 76.2 Å². The van der Waals surface area contributed by atoms with Crippen LogP contribution in [0, 0.1) is 6.92 Å². The highest BCUT2D eigenvalue weighted by Gasteiger charge is 2.23. The monoisotopic (exact) mass is 265 g/mol. The van der Waals surface area contributed by atoms with Crippen molar-refractivity contribution in [3.63, 3.8) is 0 Å². The van der Waals surface area contributed by atoms with E-state index in [4.69, 9.17) is 5.73 Å². The van der Waals surface area contributed by atoms with Gasteiger partial charge in [0.1, 0.15) is 11.4 Å².